The zero-order valence-electron chi connectivity index (χ0n) is 8.89. The van der Waals surface area contributed by atoms with E-state index in [-0.39, 0.29) is 5.54 Å². The molecule has 2 nitrogen and oxygen atoms in total. The molecule has 82 valence electrons. The summed E-state index contributed by atoms with van der Waals surface area (Å²) in [6.45, 7) is 2.04. The maximum atomic E-state index is 10.0. The number of hydrogen-bond donors (Lipinski definition) is 2. The number of phenolic OH excluding ortho intramolecular Hbond substituents is 1. The van der Waals surface area contributed by atoms with Crippen molar-refractivity contribution >= 4 is 15.9 Å². The van der Waals surface area contributed by atoms with Gasteiger partial charge in [-0.05, 0) is 48.9 Å². The number of halogens is 1. The molecule has 1 aliphatic carbocycles. The van der Waals surface area contributed by atoms with E-state index in [1.54, 1.807) is 0 Å². The zero-order chi connectivity index (χ0) is 11.1. The Morgan fingerprint density at radius 1 is 1.40 bits per heavy atom. The molecule has 1 aromatic carbocycles. The molecule has 0 aromatic heterocycles. The van der Waals surface area contributed by atoms with Gasteiger partial charge in [-0.25, -0.2) is 0 Å². The number of aryl methyl sites for hydroxylation is 1. The van der Waals surface area contributed by atoms with Gasteiger partial charge in [0.25, 0.3) is 0 Å². The third-order valence-corrected chi connectivity index (χ3v) is 3.51. The molecule has 0 amide bonds. The van der Waals surface area contributed by atoms with Gasteiger partial charge in [0.05, 0.1) is 0 Å². The van der Waals surface area contributed by atoms with E-state index in [0.29, 0.717) is 5.75 Å². The van der Waals surface area contributed by atoms with Gasteiger partial charge in [0.1, 0.15) is 5.75 Å². The fraction of sp³-hybridized carbons (Fsp3) is 0.500. The van der Waals surface area contributed by atoms with Gasteiger partial charge in [-0.3, -0.25) is 0 Å². The topological polar surface area (TPSA) is 46.2 Å². The number of aromatic hydroxyl groups is 1. The Morgan fingerprint density at radius 3 is 2.53 bits per heavy atom. The highest BCUT2D eigenvalue weighted by atomic mass is 79.9. The van der Waals surface area contributed by atoms with Crippen LogP contribution in [0, 0.1) is 0 Å². The van der Waals surface area contributed by atoms with E-state index < -0.39 is 0 Å². The second kappa shape index (κ2) is 3.80. The number of benzene rings is 1. The molecule has 3 heteroatoms. The highest BCUT2D eigenvalue weighted by Crippen LogP contribution is 2.39. The van der Waals surface area contributed by atoms with Crippen molar-refractivity contribution in [3.63, 3.8) is 0 Å². The molecule has 0 atom stereocenters. The summed E-state index contributed by atoms with van der Waals surface area (Å²) in [4.78, 5) is 0. The van der Waals surface area contributed by atoms with E-state index in [0.717, 1.165) is 41.3 Å². The zero-order valence-corrected chi connectivity index (χ0v) is 10.5. The quantitative estimate of drug-likeness (QED) is 0.887. The Balaban J connectivity index is 2.32. The first-order valence-electron chi connectivity index (χ1n) is 5.33. The van der Waals surface area contributed by atoms with E-state index in [1.165, 1.54) is 0 Å². The molecule has 0 heterocycles. The highest BCUT2D eigenvalue weighted by Gasteiger charge is 2.38. The summed E-state index contributed by atoms with van der Waals surface area (Å²) in [6.07, 6.45) is 3.77. The fourth-order valence-electron chi connectivity index (χ4n) is 1.84. The van der Waals surface area contributed by atoms with Gasteiger partial charge in [-0.15, -0.1) is 0 Å². The molecule has 0 radical (unpaired) electrons. The normalized spacial score (nSPS) is 17.8. The Kier molecular flexibility index (Phi) is 2.77. The van der Waals surface area contributed by atoms with E-state index in [1.807, 2.05) is 19.1 Å². The number of rotatable bonds is 3. The Morgan fingerprint density at radius 2 is 2.00 bits per heavy atom. The molecule has 3 N–H and O–H groups in total. The summed E-state index contributed by atoms with van der Waals surface area (Å²) in [5.41, 5.74) is 7.97. The Labute approximate surface area is 98.6 Å². The van der Waals surface area contributed by atoms with E-state index in [2.05, 4.69) is 15.9 Å². The lowest BCUT2D eigenvalue weighted by Gasteiger charge is -2.13. The molecule has 15 heavy (non-hydrogen) atoms. The van der Waals surface area contributed by atoms with Crippen LogP contribution in [0.4, 0.5) is 0 Å². The molecule has 0 bridgehead atoms. The number of phenols is 1. The summed E-state index contributed by atoms with van der Waals surface area (Å²) in [5, 5.41) is 10.0. The summed E-state index contributed by atoms with van der Waals surface area (Å²) >= 11 is 3.46. The average molecular weight is 270 g/mol. The SMILES string of the molecule is CCc1cc(Br)cc(CC2(N)CC2)c1O. The summed E-state index contributed by atoms with van der Waals surface area (Å²) in [7, 11) is 0. The first kappa shape index (κ1) is 11.0. The van der Waals surface area contributed by atoms with E-state index in [9.17, 15) is 5.11 Å². The average Bonchev–Trinajstić information content (AvgIpc) is 2.89. The van der Waals surface area contributed by atoms with Gasteiger partial charge in [0.2, 0.25) is 0 Å². The fourth-order valence-corrected chi connectivity index (χ4v) is 2.39. The predicted octanol–water partition coefficient (Wildman–Crippen LogP) is 2.75. The third kappa shape index (κ3) is 2.34. The summed E-state index contributed by atoms with van der Waals surface area (Å²) < 4.78 is 1.02. The molecule has 1 saturated carbocycles. The molecule has 0 spiro atoms. The lowest BCUT2D eigenvalue weighted by atomic mass is 10.00. The molecule has 1 aliphatic rings. The van der Waals surface area contributed by atoms with Crippen molar-refractivity contribution in [2.45, 2.75) is 38.1 Å². The predicted molar refractivity (Wildman–Crippen MR) is 65.0 cm³/mol. The molecule has 0 aliphatic heterocycles. The molecule has 1 aromatic rings. The standard InChI is InChI=1S/C12H16BrNO/c1-2-8-5-10(13)6-9(11(8)15)7-12(14)3-4-12/h5-6,15H,2-4,7,14H2,1H3. The van der Waals surface area contributed by atoms with Gasteiger partial charge in [-0.2, -0.15) is 0 Å². The minimum absolute atomic E-state index is 0.0523. The van der Waals surface area contributed by atoms with Gasteiger partial charge >= 0.3 is 0 Å². The van der Waals surface area contributed by atoms with Crippen LogP contribution in [0.2, 0.25) is 0 Å². The van der Waals surface area contributed by atoms with Crippen LogP contribution >= 0.6 is 15.9 Å². The molecular weight excluding hydrogens is 254 g/mol. The van der Waals surface area contributed by atoms with Crippen molar-refractivity contribution in [3.05, 3.63) is 27.7 Å². The smallest absolute Gasteiger partial charge is 0.122 e. The maximum absolute atomic E-state index is 10.0. The monoisotopic (exact) mass is 269 g/mol. The maximum Gasteiger partial charge on any atom is 0.122 e. The molecule has 1 fully saturated rings. The second-order valence-corrected chi connectivity index (χ2v) is 5.38. The first-order chi connectivity index (χ1) is 7.04. The van der Waals surface area contributed by atoms with Crippen molar-refractivity contribution in [3.8, 4) is 5.75 Å². The highest BCUT2D eigenvalue weighted by molar-refractivity contribution is 9.10. The third-order valence-electron chi connectivity index (χ3n) is 3.05. The van der Waals surface area contributed by atoms with Crippen LogP contribution in [0.5, 0.6) is 5.75 Å². The molecule has 2 rings (SSSR count). The minimum Gasteiger partial charge on any atom is -0.507 e. The van der Waals surface area contributed by atoms with Crippen LogP contribution in [-0.2, 0) is 12.8 Å². The number of hydrogen-bond acceptors (Lipinski definition) is 2. The van der Waals surface area contributed by atoms with Crippen LogP contribution in [-0.4, -0.2) is 10.6 Å². The minimum atomic E-state index is -0.0523. The van der Waals surface area contributed by atoms with Crippen LogP contribution in [0.15, 0.2) is 16.6 Å². The molecule has 0 saturated heterocycles. The van der Waals surface area contributed by atoms with E-state index in [4.69, 9.17) is 5.73 Å². The van der Waals surface area contributed by atoms with Crippen molar-refractivity contribution in [1.82, 2.24) is 0 Å². The lowest BCUT2D eigenvalue weighted by molar-refractivity contribution is 0.457. The van der Waals surface area contributed by atoms with Gasteiger partial charge < -0.3 is 10.8 Å². The largest absolute Gasteiger partial charge is 0.507 e. The van der Waals surface area contributed by atoms with Crippen LogP contribution in [0.25, 0.3) is 0 Å². The van der Waals surface area contributed by atoms with Crippen molar-refractivity contribution in [2.24, 2.45) is 5.73 Å². The Hall–Kier alpha value is -0.540. The Bertz CT molecular complexity index is 385. The van der Waals surface area contributed by atoms with Gasteiger partial charge in [-0.1, -0.05) is 22.9 Å². The molecular formula is C12H16BrNO. The second-order valence-electron chi connectivity index (χ2n) is 4.47. The van der Waals surface area contributed by atoms with Crippen molar-refractivity contribution < 1.29 is 5.11 Å². The van der Waals surface area contributed by atoms with Crippen LogP contribution in [0.3, 0.4) is 0 Å². The van der Waals surface area contributed by atoms with Gasteiger partial charge in [0.15, 0.2) is 0 Å². The number of nitrogens with two attached hydrogens (primary N) is 1. The summed E-state index contributed by atoms with van der Waals surface area (Å²) in [6, 6.07) is 3.94. The first-order valence-corrected chi connectivity index (χ1v) is 6.12. The summed E-state index contributed by atoms with van der Waals surface area (Å²) in [5.74, 6) is 0.428. The van der Waals surface area contributed by atoms with Crippen molar-refractivity contribution in [1.29, 1.82) is 0 Å². The van der Waals surface area contributed by atoms with Crippen molar-refractivity contribution in [2.75, 3.05) is 0 Å². The van der Waals surface area contributed by atoms with Crippen LogP contribution < -0.4 is 5.73 Å². The van der Waals surface area contributed by atoms with Gasteiger partial charge in [0, 0.05) is 10.0 Å². The lowest BCUT2D eigenvalue weighted by Crippen LogP contribution is -2.24. The molecule has 0 unspecified atom stereocenters. The van der Waals surface area contributed by atoms with E-state index >= 15 is 0 Å². The van der Waals surface area contributed by atoms with Crippen LogP contribution in [0.1, 0.15) is 30.9 Å².